The number of nitrogen functional groups attached to an aromatic ring is 1. The van der Waals surface area contributed by atoms with Crippen molar-refractivity contribution in [3.63, 3.8) is 0 Å². The first-order valence-corrected chi connectivity index (χ1v) is 4.18. The van der Waals surface area contributed by atoms with E-state index < -0.39 is 0 Å². The second-order valence-electron chi connectivity index (χ2n) is 2.53. The van der Waals surface area contributed by atoms with Gasteiger partial charge in [-0.2, -0.15) is 9.94 Å². The maximum atomic E-state index is 8.54. The molecular weight excluding hydrogens is 218 g/mol. The van der Waals surface area contributed by atoms with Crippen molar-refractivity contribution in [1.82, 2.24) is 24.7 Å². The molecule has 7 nitrogen and oxygen atoms in total. The van der Waals surface area contributed by atoms with Crippen LogP contribution in [0.5, 0.6) is 0 Å². The van der Waals surface area contributed by atoms with Crippen LogP contribution in [0.1, 0.15) is 5.82 Å². The molecule has 74 valence electrons. The van der Waals surface area contributed by atoms with Gasteiger partial charge in [0.15, 0.2) is 11.0 Å². The van der Waals surface area contributed by atoms with Crippen molar-refractivity contribution >= 4 is 17.3 Å². The molecule has 15 heavy (non-hydrogen) atoms. The monoisotopic (exact) mass is 221 g/mol. The lowest BCUT2D eigenvalue weighted by Gasteiger charge is -2.02. The zero-order chi connectivity index (χ0) is 10.8. The molecule has 0 radical (unpaired) electrons. The van der Waals surface area contributed by atoms with E-state index in [2.05, 4.69) is 20.1 Å². The Kier molecular flexibility index (Phi) is 2.19. The van der Waals surface area contributed by atoms with Gasteiger partial charge in [0.2, 0.25) is 0 Å². The summed E-state index contributed by atoms with van der Waals surface area (Å²) in [5.41, 5.74) is 5.83. The van der Waals surface area contributed by atoms with E-state index in [1.807, 2.05) is 0 Å². The zero-order valence-electron chi connectivity index (χ0n) is 7.29. The fourth-order valence-corrected chi connectivity index (χ4v) is 1.09. The molecule has 0 aliphatic heterocycles. The molecule has 2 N–H and O–H groups in total. The van der Waals surface area contributed by atoms with Gasteiger partial charge in [0, 0.05) is 0 Å². The van der Waals surface area contributed by atoms with Crippen LogP contribution in [0.25, 0.3) is 5.82 Å². The minimum atomic E-state index is 0.0316. The third-order valence-corrected chi connectivity index (χ3v) is 1.92. The molecule has 2 aromatic heterocycles. The lowest BCUT2D eigenvalue weighted by molar-refractivity contribution is 0.836. The van der Waals surface area contributed by atoms with Gasteiger partial charge in [-0.3, -0.25) is 0 Å². The molecule has 8 heteroatoms. The molecule has 0 atom stereocenters. The van der Waals surface area contributed by atoms with Crippen LogP contribution in [0.3, 0.4) is 0 Å². The summed E-state index contributed by atoms with van der Waals surface area (Å²) >= 11 is 5.70. The topological polar surface area (TPSA) is 106 Å². The standard InChI is InChI=1S/C7H4ClN7/c8-6-5(10)7(12-2-11-6)15-3-13-4(1-9)14-15/h2-3H,10H2. The highest BCUT2D eigenvalue weighted by atomic mass is 35.5. The number of nitrogens with zero attached hydrogens (tertiary/aromatic N) is 6. The maximum Gasteiger partial charge on any atom is 0.252 e. The first-order valence-electron chi connectivity index (χ1n) is 3.80. The molecule has 0 bridgehead atoms. The van der Waals surface area contributed by atoms with E-state index in [4.69, 9.17) is 22.6 Å². The van der Waals surface area contributed by atoms with Crippen molar-refractivity contribution in [2.45, 2.75) is 0 Å². The Labute approximate surface area is 89.2 Å². The lowest BCUT2D eigenvalue weighted by atomic mass is 10.5. The maximum absolute atomic E-state index is 8.54. The molecule has 2 aromatic rings. The number of halogens is 1. The highest BCUT2D eigenvalue weighted by Crippen LogP contribution is 2.19. The molecule has 0 aliphatic rings. The van der Waals surface area contributed by atoms with Gasteiger partial charge in [-0.1, -0.05) is 11.6 Å². The third-order valence-electron chi connectivity index (χ3n) is 1.62. The third kappa shape index (κ3) is 1.58. The second-order valence-corrected chi connectivity index (χ2v) is 2.88. The molecule has 2 heterocycles. The van der Waals surface area contributed by atoms with Crippen molar-refractivity contribution in [2.24, 2.45) is 0 Å². The molecule has 0 aliphatic carbocycles. The summed E-state index contributed by atoms with van der Waals surface area (Å²) in [5.74, 6) is 0.327. The lowest BCUT2D eigenvalue weighted by Crippen LogP contribution is -2.05. The summed E-state index contributed by atoms with van der Waals surface area (Å²) in [6.45, 7) is 0. The van der Waals surface area contributed by atoms with E-state index in [-0.39, 0.29) is 16.7 Å². The highest BCUT2D eigenvalue weighted by molar-refractivity contribution is 6.32. The predicted octanol–water partition coefficient (Wildman–Crippen LogP) is 0.165. The number of hydrogen-bond acceptors (Lipinski definition) is 6. The first-order chi connectivity index (χ1) is 7.22. The summed E-state index contributed by atoms with van der Waals surface area (Å²) in [6.07, 6.45) is 2.58. The zero-order valence-corrected chi connectivity index (χ0v) is 8.05. The summed E-state index contributed by atoms with van der Waals surface area (Å²) in [6, 6.07) is 1.79. The van der Waals surface area contributed by atoms with Crippen molar-refractivity contribution in [3.8, 4) is 11.9 Å². The summed E-state index contributed by atoms with van der Waals surface area (Å²) in [7, 11) is 0. The number of hydrogen-bond donors (Lipinski definition) is 1. The smallest absolute Gasteiger partial charge is 0.252 e. The average Bonchev–Trinajstić information content (AvgIpc) is 2.70. The van der Waals surface area contributed by atoms with Gasteiger partial charge < -0.3 is 5.73 Å². The number of nitrogens with two attached hydrogens (primary N) is 1. The molecule has 2 rings (SSSR count). The van der Waals surface area contributed by atoms with E-state index in [1.165, 1.54) is 17.3 Å². The largest absolute Gasteiger partial charge is 0.393 e. The number of nitriles is 1. The van der Waals surface area contributed by atoms with E-state index in [0.29, 0.717) is 5.82 Å². The van der Waals surface area contributed by atoms with Crippen LogP contribution in [0.15, 0.2) is 12.7 Å². The number of aromatic nitrogens is 5. The van der Waals surface area contributed by atoms with Crippen LogP contribution in [0.4, 0.5) is 5.69 Å². The number of rotatable bonds is 1. The van der Waals surface area contributed by atoms with Gasteiger partial charge in [0.25, 0.3) is 5.82 Å². The Hall–Kier alpha value is -2.20. The minimum Gasteiger partial charge on any atom is -0.393 e. The van der Waals surface area contributed by atoms with Gasteiger partial charge in [-0.25, -0.2) is 15.0 Å². The molecular formula is C7H4ClN7. The molecule has 0 fully saturated rings. The summed E-state index contributed by atoms with van der Waals surface area (Å²) < 4.78 is 1.27. The molecule has 0 aromatic carbocycles. The van der Waals surface area contributed by atoms with Crippen LogP contribution in [0, 0.1) is 11.3 Å². The Morgan fingerprint density at radius 2 is 2.20 bits per heavy atom. The van der Waals surface area contributed by atoms with Crippen LogP contribution >= 0.6 is 11.6 Å². The van der Waals surface area contributed by atoms with E-state index in [9.17, 15) is 0 Å². The van der Waals surface area contributed by atoms with Gasteiger partial charge in [-0.15, -0.1) is 5.10 Å². The molecule has 0 unspecified atom stereocenters. The second kappa shape index (κ2) is 3.51. The first kappa shape index (κ1) is 9.36. The fraction of sp³-hybridized carbons (Fsp3) is 0. The Bertz CT molecular complexity index is 541. The van der Waals surface area contributed by atoms with E-state index in [0.717, 1.165) is 0 Å². The SMILES string of the molecule is N#Cc1ncn(-c2ncnc(Cl)c2N)n1. The van der Waals surface area contributed by atoms with E-state index in [1.54, 1.807) is 6.07 Å². The van der Waals surface area contributed by atoms with Crippen molar-refractivity contribution in [1.29, 1.82) is 5.26 Å². The van der Waals surface area contributed by atoms with Crippen LogP contribution < -0.4 is 5.73 Å². The molecule has 0 saturated carbocycles. The van der Waals surface area contributed by atoms with Crippen LogP contribution in [0.2, 0.25) is 5.15 Å². The molecule has 0 saturated heterocycles. The fourth-order valence-electron chi connectivity index (χ4n) is 0.964. The Morgan fingerprint density at radius 1 is 1.40 bits per heavy atom. The Morgan fingerprint density at radius 3 is 2.87 bits per heavy atom. The quantitative estimate of drug-likeness (QED) is 0.688. The predicted molar refractivity (Wildman–Crippen MR) is 51.1 cm³/mol. The van der Waals surface area contributed by atoms with Gasteiger partial charge in [0.1, 0.15) is 24.4 Å². The van der Waals surface area contributed by atoms with Crippen molar-refractivity contribution in [3.05, 3.63) is 23.6 Å². The Balaban J connectivity index is 2.55. The van der Waals surface area contributed by atoms with Gasteiger partial charge in [0.05, 0.1) is 0 Å². The molecule has 0 spiro atoms. The summed E-state index contributed by atoms with van der Waals surface area (Å²) in [5, 5.41) is 12.5. The average molecular weight is 222 g/mol. The highest BCUT2D eigenvalue weighted by Gasteiger charge is 2.09. The van der Waals surface area contributed by atoms with Crippen molar-refractivity contribution < 1.29 is 0 Å². The van der Waals surface area contributed by atoms with Crippen LogP contribution in [-0.4, -0.2) is 24.7 Å². The van der Waals surface area contributed by atoms with Gasteiger partial charge in [-0.05, 0) is 0 Å². The van der Waals surface area contributed by atoms with E-state index >= 15 is 0 Å². The molecule has 0 amide bonds. The summed E-state index contributed by atoms with van der Waals surface area (Å²) in [4.78, 5) is 11.3. The minimum absolute atomic E-state index is 0.0316. The van der Waals surface area contributed by atoms with Crippen molar-refractivity contribution in [2.75, 3.05) is 5.73 Å². The normalized spacial score (nSPS) is 9.87. The van der Waals surface area contributed by atoms with Gasteiger partial charge >= 0.3 is 0 Å². The number of anilines is 1. The van der Waals surface area contributed by atoms with Crippen LogP contribution in [-0.2, 0) is 0 Å².